The molecular formula is C12H13BrO3. The summed E-state index contributed by atoms with van der Waals surface area (Å²) in [5, 5.41) is 0. The molecule has 1 aromatic rings. The molecule has 0 saturated carbocycles. The number of halogens is 1. The Morgan fingerprint density at radius 1 is 1.50 bits per heavy atom. The van der Waals surface area contributed by atoms with Gasteiger partial charge in [0.05, 0.1) is 12.2 Å². The lowest BCUT2D eigenvalue weighted by atomic mass is 10.1. The van der Waals surface area contributed by atoms with E-state index in [0.29, 0.717) is 28.1 Å². The van der Waals surface area contributed by atoms with Crippen molar-refractivity contribution in [2.75, 3.05) is 6.61 Å². The van der Waals surface area contributed by atoms with Gasteiger partial charge >= 0.3 is 5.97 Å². The van der Waals surface area contributed by atoms with Crippen LogP contribution in [0, 0.1) is 5.92 Å². The molecule has 0 unspecified atom stereocenters. The zero-order chi connectivity index (χ0) is 12.1. The van der Waals surface area contributed by atoms with Crippen LogP contribution >= 0.6 is 15.9 Å². The van der Waals surface area contributed by atoms with Gasteiger partial charge in [-0.15, -0.1) is 0 Å². The van der Waals surface area contributed by atoms with Crippen molar-refractivity contribution in [2.24, 2.45) is 5.92 Å². The van der Waals surface area contributed by atoms with Crippen LogP contribution in [-0.2, 0) is 4.74 Å². The van der Waals surface area contributed by atoms with Gasteiger partial charge in [-0.1, -0.05) is 19.9 Å². The van der Waals surface area contributed by atoms with E-state index in [0.717, 1.165) is 6.29 Å². The van der Waals surface area contributed by atoms with Gasteiger partial charge < -0.3 is 4.74 Å². The van der Waals surface area contributed by atoms with Crippen LogP contribution in [-0.4, -0.2) is 18.9 Å². The summed E-state index contributed by atoms with van der Waals surface area (Å²) in [7, 11) is 0. The van der Waals surface area contributed by atoms with Gasteiger partial charge in [-0.05, 0) is 34.0 Å². The van der Waals surface area contributed by atoms with E-state index in [-0.39, 0.29) is 5.97 Å². The molecule has 0 fully saturated rings. The first kappa shape index (κ1) is 12.9. The predicted octanol–water partition coefficient (Wildman–Crippen LogP) is 3.07. The molecule has 3 nitrogen and oxygen atoms in total. The highest BCUT2D eigenvalue weighted by Gasteiger charge is 2.12. The lowest BCUT2D eigenvalue weighted by molar-refractivity contribution is 0.0457. The van der Waals surface area contributed by atoms with E-state index < -0.39 is 0 Å². The second-order valence-electron chi connectivity index (χ2n) is 3.85. The maximum absolute atomic E-state index is 11.6. The van der Waals surface area contributed by atoms with Crippen molar-refractivity contribution in [1.82, 2.24) is 0 Å². The van der Waals surface area contributed by atoms with Crippen molar-refractivity contribution in [3.8, 4) is 0 Å². The van der Waals surface area contributed by atoms with Crippen LogP contribution in [0.2, 0.25) is 0 Å². The van der Waals surface area contributed by atoms with Crippen LogP contribution in [0.5, 0.6) is 0 Å². The second kappa shape index (κ2) is 5.80. The van der Waals surface area contributed by atoms with Gasteiger partial charge in [0.2, 0.25) is 0 Å². The fourth-order valence-electron chi connectivity index (χ4n) is 1.09. The molecular weight excluding hydrogens is 272 g/mol. The van der Waals surface area contributed by atoms with Crippen molar-refractivity contribution < 1.29 is 14.3 Å². The lowest BCUT2D eigenvalue weighted by Gasteiger charge is -2.08. The largest absolute Gasteiger partial charge is 0.462 e. The molecule has 0 aliphatic carbocycles. The predicted molar refractivity (Wildman–Crippen MR) is 64.7 cm³/mol. The summed E-state index contributed by atoms with van der Waals surface area (Å²) in [5.41, 5.74) is 0.957. The smallest absolute Gasteiger partial charge is 0.339 e. The maximum Gasteiger partial charge on any atom is 0.339 e. The molecule has 0 radical (unpaired) electrons. The van der Waals surface area contributed by atoms with E-state index in [1.165, 1.54) is 0 Å². The summed E-state index contributed by atoms with van der Waals surface area (Å²) in [6.45, 7) is 4.33. The van der Waals surface area contributed by atoms with E-state index in [2.05, 4.69) is 15.9 Å². The molecule has 86 valence electrons. The molecule has 0 amide bonds. The molecule has 0 saturated heterocycles. The molecule has 0 aromatic heterocycles. The minimum atomic E-state index is -0.377. The normalized spacial score (nSPS) is 10.2. The molecule has 0 atom stereocenters. The number of hydrogen-bond acceptors (Lipinski definition) is 3. The topological polar surface area (TPSA) is 43.4 Å². The van der Waals surface area contributed by atoms with Crippen LogP contribution in [0.3, 0.4) is 0 Å². The number of rotatable bonds is 4. The Kier molecular flexibility index (Phi) is 4.68. The van der Waals surface area contributed by atoms with Crippen LogP contribution < -0.4 is 0 Å². The summed E-state index contributed by atoms with van der Waals surface area (Å²) in [6, 6.07) is 4.76. The van der Waals surface area contributed by atoms with Gasteiger partial charge in [-0.2, -0.15) is 0 Å². The van der Waals surface area contributed by atoms with Gasteiger partial charge in [-0.3, -0.25) is 4.79 Å². The standard InChI is InChI=1S/C12H13BrO3/c1-8(2)7-16-12(15)10-4-3-9(6-14)5-11(10)13/h3-6,8H,7H2,1-2H3. The zero-order valence-corrected chi connectivity index (χ0v) is 10.8. The van der Waals surface area contributed by atoms with Crippen molar-refractivity contribution in [2.45, 2.75) is 13.8 Å². The van der Waals surface area contributed by atoms with Gasteiger partial charge in [0.1, 0.15) is 6.29 Å². The van der Waals surface area contributed by atoms with Crippen molar-refractivity contribution in [3.05, 3.63) is 33.8 Å². The molecule has 0 aliphatic rings. The number of esters is 1. The highest BCUT2D eigenvalue weighted by atomic mass is 79.9. The van der Waals surface area contributed by atoms with Crippen molar-refractivity contribution in [1.29, 1.82) is 0 Å². The van der Waals surface area contributed by atoms with Crippen molar-refractivity contribution >= 4 is 28.2 Å². The SMILES string of the molecule is CC(C)COC(=O)c1ccc(C=O)cc1Br. The third-order valence-corrected chi connectivity index (χ3v) is 2.55. The molecule has 0 spiro atoms. The van der Waals surface area contributed by atoms with Crippen LogP contribution in [0.1, 0.15) is 34.6 Å². The van der Waals surface area contributed by atoms with Crippen LogP contribution in [0.25, 0.3) is 0 Å². The first-order valence-electron chi connectivity index (χ1n) is 4.96. The summed E-state index contributed by atoms with van der Waals surface area (Å²) >= 11 is 3.24. The molecule has 4 heteroatoms. The molecule has 16 heavy (non-hydrogen) atoms. The molecule has 0 heterocycles. The Morgan fingerprint density at radius 3 is 2.69 bits per heavy atom. The zero-order valence-electron chi connectivity index (χ0n) is 9.20. The van der Waals surface area contributed by atoms with Gasteiger partial charge in [0.25, 0.3) is 0 Å². The third kappa shape index (κ3) is 3.45. The van der Waals surface area contributed by atoms with Crippen molar-refractivity contribution in [3.63, 3.8) is 0 Å². The first-order valence-corrected chi connectivity index (χ1v) is 5.75. The number of ether oxygens (including phenoxy) is 1. The van der Waals surface area contributed by atoms with E-state index in [1.54, 1.807) is 18.2 Å². The summed E-state index contributed by atoms with van der Waals surface area (Å²) in [4.78, 5) is 22.1. The van der Waals surface area contributed by atoms with E-state index in [1.807, 2.05) is 13.8 Å². The average molecular weight is 285 g/mol. The summed E-state index contributed by atoms with van der Waals surface area (Å²) in [5.74, 6) is -0.0741. The highest BCUT2D eigenvalue weighted by Crippen LogP contribution is 2.19. The van der Waals surface area contributed by atoms with E-state index in [9.17, 15) is 9.59 Å². The lowest BCUT2D eigenvalue weighted by Crippen LogP contribution is -2.10. The molecule has 1 rings (SSSR count). The number of aldehydes is 1. The number of hydrogen-bond donors (Lipinski definition) is 0. The molecule has 0 N–H and O–H groups in total. The summed E-state index contributed by atoms with van der Waals surface area (Å²) < 4.78 is 5.66. The molecule has 1 aromatic carbocycles. The fraction of sp³-hybridized carbons (Fsp3) is 0.333. The number of benzene rings is 1. The quantitative estimate of drug-likeness (QED) is 0.630. The minimum absolute atomic E-state index is 0.303. The Bertz CT molecular complexity index is 399. The fourth-order valence-corrected chi connectivity index (χ4v) is 1.65. The Balaban J connectivity index is 2.80. The van der Waals surface area contributed by atoms with Crippen LogP contribution in [0.4, 0.5) is 0 Å². The van der Waals surface area contributed by atoms with E-state index >= 15 is 0 Å². The summed E-state index contributed by atoms with van der Waals surface area (Å²) in [6.07, 6.45) is 0.730. The third-order valence-electron chi connectivity index (χ3n) is 1.90. The Morgan fingerprint density at radius 2 is 2.19 bits per heavy atom. The van der Waals surface area contributed by atoms with Gasteiger partial charge in [0.15, 0.2) is 0 Å². The van der Waals surface area contributed by atoms with Gasteiger partial charge in [0, 0.05) is 10.0 Å². The van der Waals surface area contributed by atoms with Crippen LogP contribution in [0.15, 0.2) is 22.7 Å². The van der Waals surface area contributed by atoms with E-state index in [4.69, 9.17) is 4.74 Å². The highest BCUT2D eigenvalue weighted by molar-refractivity contribution is 9.10. The minimum Gasteiger partial charge on any atom is -0.462 e. The number of carbonyl (C=O) groups excluding carboxylic acids is 2. The number of carbonyl (C=O) groups is 2. The maximum atomic E-state index is 11.6. The molecule has 0 bridgehead atoms. The van der Waals surface area contributed by atoms with Gasteiger partial charge in [-0.25, -0.2) is 4.79 Å². The Labute approximate surface area is 103 Å². The molecule has 0 aliphatic heterocycles. The first-order chi connectivity index (χ1) is 7.54. The monoisotopic (exact) mass is 284 g/mol. The second-order valence-corrected chi connectivity index (χ2v) is 4.70. The Hall–Kier alpha value is -1.16. The average Bonchev–Trinajstić information content (AvgIpc) is 2.25.